The molecule has 0 saturated heterocycles. The zero-order valence-corrected chi connectivity index (χ0v) is 21.1. The number of benzene rings is 3. The molecule has 0 saturated carbocycles. The molecule has 1 aliphatic rings. The Kier molecular flexibility index (Phi) is 5.89. The Morgan fingerprint density at radius 2 is 1.65 bits per heavy atom. The summed E-state index contributed by atoms with van der Waals surface area (Å²) in [5, 5.41) is 0. The number of nitrogens with zero attached hydrogens (tertiary/aromatic N) is 1. The zero-order valence-electron chi connectivity index (χ0n) is 21.1. The van der Waals surface area contributed by atoms with Crippen LogP contribution in [-0.2, 0) is 19.1 Å². The first kappa shape index (κ1) is 24.7. The molecule has 190 valence electrons. The van der Waals surface area contributed by atoms with Crippen molar-refractivity contribution in [3.05, 3.63) is 109 Å². The van der Waals surface area contributed by atoms with Gasteiger partial charge in [0.2, 0.25) is 0 Å². The zero-order chi connectivity index (χ0) is 26.6. The average Bonchev–Trinajstić information content (AvgIpc) is 2.84. The summed E-state index contributed by atoms with van der Waals surface area (Å²) in [7, 11) is 0. The Balaban J connectivity index is 1.68. The van der Waals surface area contributed by atoms with Gasteiger partial charge in [0, 0.05) is 12.0 Å². The SMILES string of the molecule is Cc1ccc(Cn2c(-c3ccc4c(c3)Cc3c(C)ccc(C)c3O4)cc(C(F)(F)F)c(N)c2=O)c(C)c1. The third-order valence-electron chi connectivity index (χ3n) is 7.10. The summed E-state index contributed by atoms with van der Waals surface area (Å²) in [5.41, 5.74) is 10.4. The van der Waals surface area contributed by atoms with E-state index in [1.54, 1.807) is 12.1 Å². The quantitative estimate of drug-likeness (QED) is 0.285. The molecule has 2 N–H and O–H groups in total. The van der Waals surface area contributed by atoms with Gasteiger partial charge in [-0.3, -0.25) is 4.79 Å². The minimum Gasteiger partial charge on any atom is -0.456 e. The molecule has 4 aromatic rings. The lowest BCUT2D eigenvalue weighted by Gasteiger charge is -2.25. The Hall–Kier alpha value is -4.00. The maximum Gasteiger partial charge on any atom is 0.418 e. The summed E-state index contributed by atoms with van der Waals surface area (Å²) in [5.74, 6) is 1.47. The van der Waals surface area contributed by atoms with Gasteiger partial charge in [0.25, 0.3) is 5.56 Å². The number of ether oxygens (including phenoxy) is 1. The summed E-state index contributed by atoms with van der Waals surface area (Å²) < 4.78 is 49.1. The van der Waals surface area contributed by atoms with E-state index in [-0.39, 0.29) is 12.2 Å². The van der Waals surface area contributed by atoms with E-state index in [1.807, 2.05) is 64.1 Å². The van der Waals surface area contributed by atoms with Crippen LogP contribution in [0.15, 0.2) is 59.4 Å². The molecule has 1 aromatic heterocycles. The van der Waals surface area contributed by atoms with Crippen molar-refractivity contribution >= 4 is 5.69 Å². The topological polar surface area (TPSA) is 57.2 Å². The summed E-state index contributed by atoms with van der Waals surface area (Å²) >= 11 is 0. The summed E-state index contributed by atoms with van der Waals surface area (Å²) in [4.78, 5) is 13.3. The Labute approximate surface area is 213 Å². The monoisotopic (exact) mass is 504 g/mol. The van der Waals surface area contributed by atoms with Crippen molar-refractivity contribution in [3.8, 4) is 22.8 Å². The number of hydrogen-bond donors (Lipinski definition) is 1. The van der Waals surface area contributed by atoms with Crippen LogP contribution in [0.4, 0.5) is 18.9 Å². The molecule has 0 unspecified atom stereocenters. The van der Waals surface area contributed by atoms with Crippen LogP contribution in [0.5, 0.6) is 11.5 Å². The van der Waals surface area contributed by atoms with E-state index < -0.39 is 23.0 Å². The van der Waals surface area contributed by atoms with Gasteiger partial charge in [0.05, 0.1) is 17.8 Å². The number of halogens is 3. The molecule has 7 heteroatoms. The second-order valence-corrected chi connectivity index (χ2v) is 9.78. The van der Waals surface area contributed by atoms with Gasteiger partial charge in [0.15, 0.2) is 0 Å². The number of alkyl halides is 3. The molecule has 0 spiro atoms. The Bertz CT molecular complexity index is 1620. The van der Waals surface area contributed by atoms with Crippen molar-refractivity contribution in [2.24, 2.45) is 0 Å². The number of nitrogen functional groups attached to an aromatic ring is 1. The van der Waals surface area contributed by atoms with Crippen molar-refractivity contribution in [2.45, 2.75) is 46.8 Å². The smallest absolute Gasteiger partial charge is 0.418 e. The standard InChI is InChI=1S/C30H27F3N2O2/c1-16-5-8-21(19(4)11-16)15-35-25(14-24(30(31,32)33)27(34)29(35)36)20-9-10-26-22(12-20)13-23-17(2)6-7-18(3)28(23)37-26/h5-12,14H,13,15,34H2,1-4H3. The van der Waals surface area contributed by atoms with Gasteiger partial charge in [-0.05, 0) is 85.3 Å². The van der Waals surface area contributed by atoms with E-state index in [1.165, 1.54) is 4.57 Å². The molecule has 0 atom stereocenters. The van der Waals surface area contributed by atoms with Crippen LogP contribution in [0.1, 0.15) is 44.5 Å². The molecule has 0 fully saturated rings. The molecular weight excluding hydrogens is 477 g/mol. The lowest BCUT2D eigenvalue weighted by molar-refractivity contribution is -0.137. The van der Waals surface area contributed by atoms with Gasteiger partial charge in [0.1, 0.15) is 17.2 Å². The minimum atomic E-state index is -4.76. The largest absolute Gasteiger partial charge is 0.456 e. The Morgan fingerprint density at radius 1 is 0.919 bits per heavy atom. The van der Waals surface area contributed by atoms with Crippen LogP contribution in [0.3, 0.4) is 0 Å². The fraction of sp³-hybridized carbons (Fsp3) is 0.233. The average molecular weight is 505 g/mol. The van der Waals surface area contributed by atoms with Crippen LogP contribution >= 0.6 is 0 Å². The van der Waals surface area contributed by atoms with Gasteiger partial charge in [-0.25, -0.2) is 0 Å². The molecule has 1 aliphatic heterocycles. The molecular formula is C30H27F3N2O2. The molecule has 0 aliphatic carbocycles. The molecule has 4 nitrogen and oxygen atoms in total. The number of rotatable bonds is 3. The maximum atomic E-state index is 13.9. The fourth-order valence-electron chi connectivity index (χ4n) is 4.97. The highest BCUT2D eigenvalue weighted by molar-refractivity contribution is 5.68. The predicted molar refractivity (Wildman–Crippen MR) is 139 cm³/mol. The molecule has 2 heterocycles. The molecule has 5 rings (SSSR count). The molecule has 0 amide bonds. The second-order valence-electron chi connectivity index (χ2n) is 9.78. The van der Waals surface area contributed by atoms with Gasteiger partial charge < -0.3 is 15.0 Å². The van der Waals surface area contributed by atoms with Crippen molar-refractivity contribution in [2.75, 3.05) is 5.73 Å². The molecule has 3 aromatic carbocycles. The van der Waals surface area contributed by atoms with Gasteiger partial charge in [-0.1, -0.05) is 35.9 Å². The third-order valence-corrected chi connectivity index (χ3v) is 7.10. The number of anilines is 1. The molecule has 0 bridgehead atoms. The van der Waals surface area contributed by atoms with Crippen LogP contribution in [0.25, 0.3) is 11.3 Å². The van der Waals surface area contributed by atoms with E-state index in [0.29, 0.717) is 17.7 Å². The highest BCUT2D eigenvalue weighted by Crippen LogP contribution is 2.42. The van der Waals surface area contributed by atoms with Crippen LogP contribution < -0.4 is 16.0 Å². The number of aromatic nitrogens is 1. The van der Waals surface area contributed by atoms with Crippen molar-refractivity contribution in [1.82, 2.24) is 4.57 Å². The van der Waals surface area contributed by atoms with E-state index >= 15 is 0 Å². The molecule has 0 radical (unpaired) electrons. The lowest BCUT2D eigenvalue weighted by atomic mass is 9.92. The predicted octanol–water partition coefficient (Wildman–Crippen LogP) is 7.09. The normalized spacial score (nSPS) is 12.6. The first-order valence-corrected chi connectivity index (χ1v) is 12.0. The summed E-state index contributed by atoms with van der Waals surface area (Å²) in [6.07, 6.45) is -4.18. The van der Waals surface area contributed by atoms with Crippen molar-refractivity contribution in [3.63, 3.8) is 0 Å². The highest BCUT2D eigenvalue weighted by Gasteiger charge is 2.36. The number of pyridine rings is 1. The molecule has 37 heavy (non-hydrogen) atoms. The number of fused-ring (bicyclic) bond motifs is 2. The van der Waals surface area contributed by atoms with Crippen molar-refractivity contribution in [1.29, 1.82) is 0 Å². The van der Waals surface area contributed by atoms with E-state index in [2.05, 4.69) is 0 Å². The van der Waals surface area contributed by atoms with E-state index in [9.17, 15) is 18.0 Å². The Morgan fingerprint density at radius 3 is 2.35 bits per heavy atom. The highest BCUT2D eigenvalue weighted by atomic mass is 19.4. The van der Waals surface area contributed by atoms with Gasteiger partial charge in [-0.15, -0.1) is 0 Å². The van der Waals surface area contributed by atoms with Crippen LogP contribution in [0, 0.1) is 27.7 Å². The van der Waals surface area contributed by atoms with Crippen LogP contribution in [0.2, 0.25) is 0 Å². The first-order valence-electron chi connectivity index (χ1n) is 12.0. The lowest BCUT2D eigenvalue weighted by Crippen LogP contribution is -2.29. The first-order chi connectivity index (χ1) is 17.4. The fourth-order valence-corrected chi connectivity index (χ4v) is 4.97. The summed E-state index contributed by atoms with van der Waals surface area (Å²) in [6, 6.07) is 16.1. The van der Waals surface area contributed by atoms with E-state index in [0.717, 1.165) is 50.8 Å². The number of nitrogens with two attached hydrogens (primary N) is 1. The summed E-state index contributed by atoms with van der Waals surface area (Å²) in [6.45, 7) is 7.96. The third kappa shape index (κ3) is 4.39. The van der Waals surface area contributed by atoms with E-state index in [4.69, 9.17) is 10.5 Å². The van der Waals surface area contributed by atoms with Crippen LogP contribution in [-0.4, -0.2) is 4.57 Å². The number of aryl methyl sites for hydroxylation is 4. The van der Waals surface area contributed by atoms with Gasteiger partial charge in [-0.2, -0.15) is 13.2 Å². The minimum absolute atomic E-state index is 0.0946. The van der Waals surface area contributed by atoms with Crippen molar-refractivity contribution < 1.29 is 17.9 Å². The number of hydrogen-bond acceptors (Lipinski definition) is 3. The maximum absolute atomic E-state index is 13.9. The van der Waals surface area contributed by atoms with Gasteiger partial charge >= 0.3 is 6.18 Å². The second kappa shape index (κ2) is 8.83.